The Morgan fingerprint density at radius 3 is 2.77 bits per heavy atom. The van der Waals surface area contributed by atoms with E-state index < -0.39 is 0 Å². The second-order valence-electron chi connectivity index (χ2n) is 8.68. The lowest BCUT2D eigenvalue weighted by Gasteiger charge is -2.16. The summed E-state index contributed by atoms with van der Waals surface area (Å²) in [5.41, 5.74) is 2.55. The normalized spacial score (nSPS) is 23.2. The molecule has 1 aliphatic heterocycles. The summed E-state index contributed by atoms with van der Waals surface area (Å²) in [6.45, 7) is 5.37. The molecule has 3 aromatic rings. The van der Waals surface area contributed by atoms with Gasteiger partial charge in [-0.2, -0.15) is 0 Å². The summed E-state index contributed by atoms with van der Waals surface area (Å²) < 4.78 is 7.43. The zero-order valence-electron chi connectivity index (χ0n) is 17.6. The maximum Gasteiger partial charge on any atom is 0.202 e. The number of benzene rings is 1. The molecule has 6 nitrogen and oxygen atoms in total. The Morgan fingerprint density at radius 2 is 2.03 bits per heavy atom. The SMILES string of the molecule is Cc1ncoc1-c1nnc(SCCCN2CC[C@]3(C[C@@H]3c3cc(Cl)cc(Cl)c3)C2)n1C. The lowest BCUT2D eigenvalue weighted by molar-refractivity contribution is 0.319. The van der Waals surface area contributed by atoms with Gasteiger partial charge in [-0.3, -0.25) is 0 Å². The van der Waals surface area contributed by atoms with Crippen LogP contribution in [0.15, 0.2) is 34.2 Å². The minimum absolute atomic E-state index is 0.425. The van der Waals surface area contributed by atoms with Crippen molar-refractivity contribution in [1.29, 1.82) is 0 Å². The molecule has 0 N–H and O–H groups in total. The fourth-order valence-corrected chi connectivity index (χ4v) is 6.21. The molecule has 1 saturated heterocycles. The highest BCUT2D eigenvalue weighted by molar-refractivity contribution is 7.99. The van der Waals surface area contributed by atoms with Crippen molar-refractivity contribution in [2.24, 2.45) is 12.5 Å². The molecule has 0 bridgehead atoms. The van der Waals surface area contributed by atoms with Gasteiger partial charge in [0.05, 0.1) is 5.69 Å². The van der Waals surface area contributed by atoms with Gasteiger partial charge in [0.15, 0.2) is 17.3 Å². The van der Waals surface area contributed by atoms with Crippen LogP contribution in [0.1, 0.15) is 36.4 Å². The monoisotopic (exact) mass is 477 g/mol. The first kappa shape index (κ1) is 21.3. The summed E-state index contributed by atoms with van der Waals surface area (Å²) in [7, 11) is 1.97. The van der Waals surface area contributed by atoms with Gasteiger partial charge in [0.25, 0.3) is 0 Å². The third-order valence-electron chi connectivity index (χ3n) is 6.57. The molecule has 31 heavy (non-hydrogen) atoms. The number of thioether (sulfide) groups is 1. The highest BCUT2D eigenvalue weighted by Gasteiger charge is 2.57. The zero-order valence-corrected chi connectivity index (χ0v) is 20.0. The number of hydrogen-bond donors (Lipinski definition) is 0. The Labute approximate surface area is 196 Å². The summed E-state index contributed by atoms with van der Waals surface area (Å²) in [6, 6.07) is 5.98. The Morgan fingerprint density at radius 1 is 1.23 bits per heavy atom. The van der Waals surface area contributed by atoms with E-state index in [1.54, 1.807) is 11.8 Å². The smallest absolute Gasteiger partial charge is 0.202 e. The minimum Gasteiger partial charge on any atom is -0.440 e. The molecule has 0 amide bonds. The molecule has 9 heteroatoms. The molecule has 3 heterocycles. The van der Waals surface area contributed by atoms with Gasteiger partial charge in [-0.05, 0) is 74.4 Å². The first-order valence-electron chi connectivity index (χ1n) is 10.6. The summed E-state index contributed by atoms with van der Waals surface area (Å²) in [5.74, 6) is 3.02. The van der Waals surface area contributed by atoms with E-state index in [9.17, 15) is 0 Å². The Kier molecular flexibility index (Phi) is 5.79. The fraction of sp³-hybridized carbons (Fsp3) is 0.500. The Hall–Kier alpha value is -1.54. The standard InChI is InChI=1S/C22H25Cl2N5OS/c1-14-19(30-13-25-14)20-26-27-21(28(20)2)31-7-3-5-29-6-4-22(12-29)11-18(22)15-8-16(23)10-17(24)9-15/h8-10,13,18H,3-7,11-12H2,1-2H3/t18-,22+/m1/s1. The average molecular weight is 478 g/mol. The number of rotatable bonds is 7. The molecule has 2 aliphatic rings. The summed E-state index contributed by atoms with van der Waals surface area (Å²) in [6.07, 6.45) is 5.08. The van der Waals surface area contributed by atoms with E-state index >= 15 is 0 Å². The minimum atomic E-state index is 0.425. The van der Waals surface area contributed by atoms with Crippen molar-refractivity contribution >= 4 is 35.0 Å². The first-order chi connectivity index (χ1) is 14.9. The van der Waals surface area contributed by atoms with E-state index in [0.29, 0.717) is 17.1 Å². The number of oxazole rings is 1. The molecular weight excluding hydrogens is 453 g/mol. The number of halogens is 2. The number of nitrogens with zero attached hydrogens (tertiary/aromatic N) is 5. The largest absolute Gasteiger partial charge is 0.440 e. The van der Waals surface area contributed by atoms with Crippen molar-refractivity contribution in [2.45, 2.75) is 37.3 Å². The molecule has 0 unspecified atom stereocenters. The average Bonchev–Trinajstić information content (AvgIpc) is 2.99. The predicted molar refractivity (Wildman–Crippen MR) is 124 cm³/mol. The molecule has 164 valence electrons. The number of aryl methyl sites for hydroxylation is 1. The van der Waals surface area contributed by atoms with Gasteiger partial charge in [0.2, 0.25) is 5.82 Å². The predicted octanol–water partition coefficient (Wildman–Crippen LogP) is 5.45. The lowest BCUT2D eigenvalue weighted by atomic mass is 9.98. The Bertz CT molecular complexity index is 1080. The molecule has 1 aliphatic carbocycles. The number of aromatic nitrogens is 4. The molecular formula is C22H25Cl2N5OS. The van der Waals surface area contributed by atoms with Crippen LogP contribution < -0.4 is 0 Å². The van der Waals surface area contributed by atoms with Crippen LogP contribution in [0.2, 0.25) is 10.0 Å². The third-order valence-corrected chi connectivity index (χ3v) is 8.12. The molecule has 2 atom stereocenters. The van der Waals surface area contributed by atoms with Crippen molar-refractivity contribution in [1.82, 2.24) is 24.6 Å². The van der Waals surface area contributed by atoms with Gasteiger partial charge in [0, 0.05) is 29.4 Å². The maximum atomic E-state index is 6.21. The molecule has 1 saturated carbocycles. The highest BCUT2D eigenvalue weighted by Crippen LogP contribution is 2.64. The summed E-state index contributed by atoms with van der Waals surface area (Å²) in [5, 5.41) is 11.0. The zero-order chi connectivity index (χ0) is 21.6. The van der Waals surface area contributed by atoms with E-state index in [2.05, 4.69) is 32.2 Å². The van der Waals surface area contributed by atoms with Gasteiger partial charge >= 0.3 is 0 Å². The molecule has 1 aromatic carbocycles. The second kappa shape index (κ2) is 8.43. The van der Waals surface area contributed by atoms with E-state index in [-0.39, 0.29) is 0 Å². The maximum absolute atomic E-state index is 6.21. The van der Waals surface area contributed by atoms with Gasteiger partial charge in [-0.25, -0.2) is 4.98 Å². The fourth-order valence-electron chi connectivity index (χ4n) is 4.83. The van der Waals surface area contributed by atoms with Crippen LogP contribution in [0.3, 0.4) is 0 Å². The quantitative estimate of drug-likeness (QED) is 0.333. The van der Waals surface area contributed by atoms with Crippen molar-refractivity contribution < 1.29 is 4.42 Å². The number of likely N-dealkylation sites (tertiary alicyclic amines) is 1. The van der Waals surface area contributed by atoms with Gasteiger partial charge in [-0.1, -0.05) is 35.0 Å². The van der Waals surface area contributed by atoms with Crippen LogP contribution in [0.5, 0.6) is 0 Å². The van der Waals surface area contributed by atoms with Gasteiger partial charge in [0.1, 0.15) is 0 Å². The lowest BCUT2D eigenvalue weighted by Crippen LogP contribution is -2.23. The third kappa shape index (κ3) is 4.25. The molecule has 2 aromatic heterocycles. The van der Waals surface area contributed by atoms with Crippen LogP contribution in [0.4, 0.5) is 0 Å². The highest BCUT2D eigenvalue weighted by atomic mass is 35.5. The van der Waals surface area contributed by atoms with Crippen molar-refractivity contribution in [3.63, 3.8) is 0 Å². The van der Waals surface area contributed by atoms with Gasteiger partial charge in [-0.15, -0.1) is 10.2 Å². The van der Waals surface area contributed by atoms with E-state index in [4.69, 9.17) is 27.6 Å². The van der Waals surface area contributed by atoms with Gasteiger partial charge < -0.3 is 13.9 Å². The van der Waals surface area contributed by atoms with E-state index in [1.165, 1.54) is 37.9 Å². The van der Waals surface area contributed by atoms with Crippen LogP contribution >= 0.6 is 35.0 Å². The van der Waals surface area contributed by atoms with E-state index in [1.807, 2.05) is 24.6 Å². The van der Waals surface area contributed by atoms with Crippen LogP contribution in [-0.2, 0) is 7.05 Å². The van der Waals surface area contributed by atoms with Crippen LogP contribution in [0.25, 0.3) is 11.6 Å². The van der Waals surface area contributed by atoms with Crippen LogP contribution in [0, 0.1) is 12.3 Å². The van der Waals surface area contributed by atoms with Crippen molar-refractivity contribution in [2.75, 3.05) is 25.4 Å². The topological polar surface area (TPSA) is 60.0 Å². The molecule has 5 rings (SSSR count). The van der Waals surface area contributed by atoms with Crippen LogP contribution in [-0.4, -0.2) is 50.0 Å². The molecule has 0 radical (unpaired) electrons. The van der Waals surface area contributed by atoms with E-state index in [0.717, 1.165) is 45.4 Å². The van der Waals surface area contributed by atoms with Crippen molar-refractivity contribution in [3.8, 4) is 11.6 Å². The second-order valence-corrected chi connectivity index (χ2v) is 10.6. The summed E-state index contributed by atoms with van der Waals surface area (Å²) >= 11 is 14.2. The Balaban J connectivity index is 1.11. The number of hydrogen-bond acceptors (Lipinski definition) is 6. The summed E-state index contributed by atoms with van der Waals surface area (Å²) in [4.78, 5) is 6.74. The molecule has 1 spiro atoms. The van der Waals surface area contributed by atoms with Crippen molar-refractivity contribution in [3.05, 3.63) is 45.9 Å². The first-order valence-corrected chi connectivity index (χ1v) is 12.3. The molecule has 2 fully saturated rings.